The lowest BCUT2D eigenvalue weighted by Crippen LogP contribution is -2.24. The molecule has 0 aromatic carbocycles. The van der Waals surface area contributed by atoms with Crippen LogP contribution in [-0.4, -0.2) is 22.7 Å². The summed E-state index contributed by atoms with van der Waals surface area (Å²) in [6, 6.07) is 0.702. The quantitative estimate of drug-likeness (QED) is 0.831. The van der Waals surface area contributed by atoms with Gasteiger partial charge in [-0.2, -0.15) is 0 Å². The van der Waals surface area contributed by atoms with Crippen LogP contribution in [0.3, 0.4) is 0 Å². The Kier molecular flexibility index (Phi) is 2.74. The van der Waals surface area contributed by atoms with Crippen molar-refractivity contribution < 1.29 is 5.11 Å². The van der Waals surface area contributed by atoms with Crippen molar-refractivity contribution in [3.63, 3.8) is 0 Å². The average Bonchev–Trinajstić information content (AvgIpc) is 2.84. The van der Waals surface area contributed by atoms with E-state index in [-0.39, 0.29) is 6.10 Å². The van der Waals surface area contributed by atoms with Crippen LogP contribution in [0.25, 0.3) is 0 Å². The minimum absolute atomic E-state index is 0.390. The number of hydrogen-bond donors (Lipinski definition) is 1. The van der Waals surface area contributed by atoms with Crippen molar-refractivity contribution in [3.8, 4) is 0 Å². The van der Waals surface area contributed by atoms with Crippen LogP contribution in [0, 0.1) is 0 Å². The van der Waals surface area contributed by atoms with Crippen LogP contribution in [0.2, 0.25) is 0 Å². The molecule has 78 valence electrons. The molecule has 0 spiro atoms. The van der Waals surface area contributed by atoms with Gasteiger partial charge >= 0.3 is 0 Å². The molecule has 1 atom stereocenters. The largest absolute Gasteiger partial charge is 0.388 e. The molecule has 2 rings (SSSR count). The maximum absolute atomic E-state index is 9.40. The maximum Gasteiger partial charge on any atom is 0.185 e. The van der Waals surface area contributed by atoms with E-state index in [1.807, 2.05) is 0 Å². The number of aliphatic hydroxyl groups excluding tert-OH is 1. The summed E-state index contributed by atoms with van der Waals surface area (Å²) < 4.78 is 0. The zero-order valence-corrected chi connectivity index (χ0v) is 9.42. The van der Waals surface area contributed by atoms with Crippen LogP contribution in [-0.2, 0) is 0 Å². The third-order valence-corrected chi connectivity index (χ3v) is 3.70. The smallest absolute Gasteiger partial charge is 0.185 e. The molecular formula is C10H16N2OS. The highest BCUT2D eigenvalue weighted by Crippen LogP contribution is 2.34. The predicted octanol–water partition coefficient (Wildman–Crippen LogP) is 2.19. The summed E-state index contributed by atoms with van der Waals surface area (Å²) >= 11 is 1.61. The van der Waals surface area contributed by atoms with E-state index in [0.29, 0.717) is 6.04 Å². The fourth-order valence-electron chi connectivity index (χ4n) is 1.54. The van der Waals surface area contributed by atoms with E-state index in [4.69, 9.17) is 0 Å². The Bertz CT molecular complexity index is 307. The van der Waals surface area contributed by atoms with Gasteiger partial charge in [0.05, 0.1) is 11.0 Å². The summed E-state index contributed by atoms with van der Waals surface area (Å²) in [6.07, 6.45) is 3.98. The first-order chi connectivity index (χ1) is 6.72. The molecule has 1 saturated carbocycles. The molecule has 14 heavy (non-hydrogen) atoms. The minimum atomic E-state index is -0.390. The van der Waals surface area contributed by atoms with E-state index in [0.717, 1.165) is 16.6 Å². The maximum atomic E-state index is 9.40. The van der Waals surface area contributed by atoms with Gasteiger partial charge in [0.1, 0.15) is 0 Å². The molecule has 1 heterocycles. The summed E-state index contributed by atoms with van der Waals surface area (Å²) in [6.45, 7) is 4.95. The van der Waals surface area contributed by atoms with Gasteiger partial charge in [-0.05, 0) is 26.7 Å². The number of nitrogens with zero attached hydrogens (tertiary/aromatic N) is 2. The van der Waals surface area contributed by atoms with Gasteiger partial charge in [-0.15, -0.1) is 0 Å². The second-order valence-corrected chi connectivity index (χ2v) is 4.78. The molecule has 1 unspecified atom stereocenters. The van der Waals surface area contributed by atoms with E-state index in [1.54, 1.807) is 24.5 Å². The summed E-state index contributed by atoms with van der Waals surface area (Å²) in [5, 5.41) is 10.5. The average molecular weight is 212 g/mol. The summed E-state index contributed by atoms with van der Waals surface area (Å²) in [4.78, 5) is 7.64. The third kappa shape index (κ3) is 1.91. The fourth-order valence-corrected chi connectivity index (χ4v) is 2.53. The van der Waals surface area contributed by atoms with Crippen LogP contribution in [0.1, 0.15) is 37.7 Å². The normalized spacial score (nSPS) is 18.2. The van der Waals surface area contributed by atoms with Gasteiger partial charge in [0.2, 0.25) is 0 Å². The number of aliphatic hydroxyl groups is 1. The highest BCUT2D eigenvalue weighted by Gasteiger charge is 2.29. The molecule has 3 nitrogen and oxygen atoms in total. The Hall–Kier alpha value is -0.610. The molecule has 0 bridgehead atoms. The number of thiazole rings is 1. The van der Waals surface area contributed by atoms with Gasteiger partial charge in [0.15, 0.2) is 5.13 Å². The van der Waals surface area contributed by atoms with Gasteiger partial charge in [-0.25, -0.2) is 4.98 Å². The Morgan fingerprint density at radius 1 is 1.71 bits per heavy atom. The zero-order valence-electron chi connectivity index (χ0n) is 8.60. The molecule has 1 aliphatic rings. The van der Waals surface area contributed by atoms with Crippen molar-refractivity contribution in [2.24, 2.45) is 0 Å². The van der Waals surface area contributed by atoms with E-state index in [1.165, 1.54) is 12.8 Å². The molecular weight excluding hydrogens is 196 g/mol. The zero-order chi connectivity index (χ0) is 10.1. The standard InChI is InChI=1S/C10H16N2OS/c1-3-12(8-4-5-8)10-11-6-9(14-10)7(2)13/h6-8,13H,3-5H2,1-2H3. The van der Waals surface area contributed by atoms with E-state index in [9.17, 15) is 5.11 Å². The van der Waals surface area contributed by atoms with Crippen LogP contribution in [0.4, 0.5) is 5.13 Å². The van der Waals surface area contributed by atoms with Crippen LogP contribution < -0.4 is 4.90 Å². The molecule has 1 aromatic rings. The molecule has 4 heteroatoms. The van der Waals surface area contributed by atoms with Gasteiger partial charge in [-0.1, -0.05) is 11.3 Å². The van der Waals surface area contributed by atoms with E-state index in [2.05, 4.69) is 16.8 Å². The van der Waals surface area contributed by atoms with Gasteiger partial charge in [0, 0.05) is 18.8 Å². The topological polar surface area (TPSA) is 36.4 Å². The minimum Gasteiger partial charge on any atom is -0.388 e. The van der Waals surface area contributed by atoms with Crippen molar-refractivity contribution in [3.05, 3.63) is 11.1 Å². The van der Waals surface area contributed by atoms with Crippen LogP contribution >= 0.6 is 11.3 Å². The molecule has 1 N–H and O–H groups in total. The Balaban J connectivity index is 2.13. The Morgan fingerprint density at radius 3 is 2.86 bits per heavy atom. The third-order valence-electron chi connectivity index (χ3n) is 2.50. The van der Waals surface area contributed by atoms with Gasteiger partial charge in [0.25, 0.3) is 0 Å². The molecule has 0 amide bonds. The molecule has 1 fully saturated rings. The SMILES string of the molecule is CCN(c1ncc(C(C)O)s1)C1CC1. The van der Waals surface area contributed by atoms with Crippen LogP contribution in [0.15, 0.2) is 6.20 Å². The summed E-state index contributed by atoms with van der Waals surface area (Å²) in [7, 11) is 0. The predicted molar refractivity (Wildman–Crippen MR) is 58.8 cm³/mol. The lowest BCUT2D eigenvalue weighted by molar-refractivity contribution is 0.203. The molecule has 0 aliphatic heterocycles. The Morgan fingerprint density at radius 2 is 2.43 bits per heavy atom. The number of anilines is 1. The van der Waals surface area contributed by atoms with Crippen molar-refractivity contribution in [2.75, 3.05) is 11.4 Å². The number of aromatic nitrogens is 1. The van der Waals surface area contributed by atoms with Gasteiger partial charge in [-0.3, -0.25) is 0 Å². The number of hydrogen-bond acceptors (Lipinski definition) is 4. The van der Waals surface area contributed by atoms with Crippen molar-refractivity contribution >= 4 is 16.5 Å². The molecule has 1 aromatic heterocycles. The van der Waals surface area contributed by atoms with E-state index >= 15 is 0 Å². The van der Waals surface area contributed by atoms with Crippen molar-refractivity contribution in [1.82, 2.24) is 4.98 Å². The highest BCUT2D eigenvalue weighted by molar-refractivity contribution is 7.15. The Labute approximate surface area is 88.4 Å². The second kappa shape index (κ2) is 3.87. The summed E-state index contributed by atoms with van der Waals surface area (Å²) in [5.41, 5.74) is 0. The first kappa shape index (κ1) is 9.93. The van der Waals surface area contributed by atoms with Crippen molar-refractivity contribution in [1.29, 1.82) is 0 Å². The monoisotopic (exact) mass is 212 g/mol. The fraction of sp³-hybridized carbons (Fsp3) is 0.700. The highest BCUT2D eigenvalue weighted by atomic mass is 32.1. The van der Waals surface area contributed by atoms with E-state index < -0.39 is 0 Å². The first-order valence-electron chi connectivity index (χ1n) is 5.12. The summed E-state index contributed by atoms with van der Waals surface area (Å²) in [5.74, 6) is 0. The second-order valence-electron chi connectivity index (χ2n) is 3.74. The molecule has 0 radical (unpaired) electrons. The van der Waals surface area contributed by atoms with Gasteiger partial charge < -0.3 is 10.0 Å². The lowest BCUT2D eigenvalue weighted by Gasteiger charge is -2.18. The lowest BCUT2D eigenvalue weighted by atomic mass is 10.4. The van der Waals surface area contributed by atoms with Crippen molar-refractivity contribution in [2.45, 2.75) is 38.8 Å². The van der Waals surface area contributed by atoms with Crippen LogP contribution in [0.5, 0.6) is 0 Å². The molecule has 0 saturated heterocycles. The first-order valence-corrected chi connectivity index (χ1v) is 5.94. The molecule has 1 aliphatic carbocycles. The number of rotatable bonds is 4.